The molecule has 1 heteroatoms. The van der Waals surface area contributed by atoms with Gasteiger partial charge in [0.15, 0.2) is 0 Å². The molecule has 0 aromatic rings. The van der Waals surface area contributed by atoms with E-state index in [9.17, 15) is 0 Å². The highest BCUT2D eigenvalue weighted by molar-refractivity contribution is 5.21. The van der Waals surface area contributed by atoms with Crippen molar-refractivity contribution < 1.29 is 4.74 Å². The minimum absolute atomic E-state index is 0.295. The Kier molecular flexibility index (Phi) is 0.995. The number of ether oxygens (including phenoxy) is 1. The van der Waals surface area contributed by atoms with Crippen molar-refractivity contribution in [3.63, 3.8) is 0 Å². The first-order valence-electron chi connectivity index (χ1n) is 3.36. The van der Waals surface area contributed by atoms with E-state index in [1.807, 2.05) is 0 Å². The fraction of sp³-hybridized carbons (Fsp3) is 0.500. The van der Waals surface area contributed by atoms with Crippen molar-refractivity contribution in [2.24, 2.45) is 0 Å². The minimum atomic E-state index is 0.295. The summed E-state index contributed by atoms with van der Waals surface area (Å²) >= 11 is 0. The topological polar surface area (TPSA) is 9.23 Å². The first-order valence-corrected chi connectivity index (χ1v) is 3.36. The number of hydrogen-bond donors (Lipinski definition) is 0. The zero-order valence-corrected chi connectivity index (χ0v) is 5.50. The molecule has 0 N–H and O–H groups in total. The van der Waals surface area contributed by atoms with Gasteiger partial charge in [0, 0.05) is 0 Å². The molecule has 0 amide bonds. The van der Waals surface area contributed by atoms with Crippen LogP contribution in [0.1, 0.15) is 13.3 Å². The van der Waals surface area contributed by atoms with Crippen LogP contribution in [0, 0.1) is 0 Å². The molecule has 0 saturated heterocycles. The molecule has 2 heterocycles. The average Bonchev–Trinajstić information content (AvgIpc) is 2.11. The predicted octanol–water partition coefficient (Wildman–Crippen LogP) is 1.66. The second-order valence-electron chi connectivity index (χ2n) is 2.74. The third-order valence-corrected chi connectivity index (χ3v) is 1.82. The van der Waals surface area contributed by atoms with Gasteiger partial charge in [-0.1, -0.05) is 23.8 Å². The maximum Gasteiger partial charge on any atom is 0.0949 e. The monoisotopic (exact) mass is 122 g/mol. The average molecular weight is 122 g/mol. The highest BCUT2D eigenvalue weighted by Crippen LogP contribution is 2.25. The summed E-state index contributed by atoms with van der Waals surface area (Å²) in [6.45, 7) is 2.16. The third kappa shape index (κ3) is 0.815. The van der Waals surface area contributed by atoms with Crippen LogP contribution < -0.4 is 0 Å². The van der Waals surface area contributed by atoms with Gasteiger partial charge in [0.1, 0.15) is 0 Å². The van der Waals surface area contributed by atoms with E-state index in [0.29, 0.717) is 12.2 Å². The second-order valence-corrected chi connectivity index (χ2v) is 2.74. The lowest BCUT2D eigenvalue weighted by Gasteiger charge is -2.17. The zero-order chi connectivity index (χ0) is 6.27. The maximum absolute atomic E-state index is 5.48. The lowest BCUT2D eigenvalue weighted by Crippen LogP contribution is -2.15. The Hall–Kier alpha value is -0.560. The van der Waals surface area contributed by atoms with E-state index in [4.69, 9.17) is 4.74 Å². The predicted molar refractivity (Wildman–Crippen MR) is 36.2 cm³/mol. The van der Waals surface area contributed by atoms with Crippen LogP contribution in [-0.4, -0.2) is 12.2 Å². The molecule has 0 saturated carbocycles. The number of hydrogen-bond acceptors (Lipinski definition) is 1. The number of rotatable bonds is 0. The van der Waals surface area contributed by atoms with Gasteiger partial charge in [-0.25, -0.2) is 0 Å². The summed E-state index contributed by atoms with van der Waals surface area (Å²) in [6, 6.07) is 0. The third-order valence-electron chi connectivity index (χ3n) is 1.82. The Morgan fingerprint density at radius 3 is 3.22 bits per heavy atom. The Morgan fingerprint density at radius 1 is 1.56 bits per heavy atom. The molecule has 2 aliphatic heterocycles. The lowest BCUT2D eigenvalue weighted by atomic mass is 10.1. The minimum Gasteiger partial charge on any atom is -0.362 e. The largest absolute Gasteiger partial charge is 0.362 e. The second kappa shape index (κ2) is 1.71. The van der Waals surface area contributed by atoms with Crippen molar-refractivity contribution in [1.29, 1.82) is 0 Å². The molecule has 2 rings (SSSR count). The fourth-order valence-corrected chi connectivity index (χ4v) is 1.40. The smallest absolute Gasteiger partial charge is 0.0949 e. The Balaban J connectivity index is 2.27. The lowest BCUT2D eigenvalue weighted by molar-refractivity contribution is 0.0765. The maximum atomic E-state index is 5.48. The van der Waals surface area contributed by atoms with Crippen molar-refractivity contribution in [3.8, 4) is 0 Å². The standard InChI is InChI=1S/C8H10O/c1-6-4-7-2-3-8(5-6)9-7/h2-4,7-8H,5H2,1H3/t7-,8+/m0/s1. The van der Waals surface area contributed by atoms with Crippen molar-refractivity contribution in [2.45, 2.75) is 25.6 Å². The van der Waals surface area contributed by atoms with E-state index in [1.165, 1.54) is 5.57 Å². The molecule has 0 unspecified atom stereocenters. The number of fused-ring (bicyclic) bond motifs is 2. The fourth-order valence-electron chi connectivity index (χ4n) is 1.40. The van der Waals surface area contributed by atoms with E-state index >= 15 is 0 Å². The molecular formula is C8H10O. The molecule has 0 aliphatic carbocycles. The highest BCUT2D eigenvalue weighted by Gasteiger charge is 2.21. The van der Waals surface area contributed by atoms with Gasteiger partial charge in [0.05, 0.1) is 12.2 Å². The first-order chi connectivity index (χ1) is 4.34. The van der Waals surface area contributed by atoms with Crippen molar-refractivity contribution in [1.82, 2.24) is 0 Å². The molecular weight excluding hydrogens is 112 g/mol. The Bertz CT molecular complexity index is 179. The molecule has 0 aromatic heterocycles. The highest BCUT2D eigenvalue weighted by atomic mass is 16.5. The van der Waals surface area contributed by atoms with Crippen LogP contribution in [0.3, 0.4) is 0 Å². The molecule has 0 fully saturated rings. The van der Waals surface area contributed by atoms with Gasteiger partial charge in [-0.15, -0.1) is 0 Å². The molecule has 0 aromatic carbocycles. The zero-order valence-electron chi connectivity index (χ0n) is 5.50. The first kappa shape index (κ1) is 5.24. The van der Waals surface area contributed by atoms with Crippen molar-refractivity contribution >= 4 is 0 Å². The summed E-state index contributed by atoms with van der Waals surface area (Å²) in [6.07, 6.45) is 8.23. The van der Waals surface area contributed by atoms with Crippen LogP contribution in [0.2, 0.25) is 0 Å². The molecule has 2 bridgehead atoms. The van der Waals surface area contributed by atoms with Gasteiger partial charge in [-0.3, -0.25) is 0 Å². The summed E-state index contributed by atoms with van der Waals surface area (Å²) in [5, 5.41) is 0. The van der Waals surface area contributed by atoms with E-state index in [-0.39, 0.29) is 0 Å². The summed E-state index contributed by atoms with van der Waals surface area (Å²) in [5.41, 5.74) is 1.46. The molecule has 0 spiro atoms. The van der Waals surface area contributed by atoms with Crippen LogP contribution >= 0.6 is 0 Å². The van der Waals surface area contributed by atoms with Gasteiger partial charge in [0.2, 0.25) is 0 Å². The van der Waals surface area contributed by atoms with Crippen LogP contribution in [-0.2, 0) is 4.74 Å². The Labute approximate surface area is 55.0 Å². The molecule has 48 valence electrons. The van der Waals surface area contributed by atoms with Crippen LogP contribution in [0.25, 0.3) is 0 Å². The normalized spacial score (nSPS) is 39.0. The molecule has 9 heavy (non-hydrogen) atoms. The van der Waals surface area contributed by atoms with Crippen molar-refractivity contribution in [2.75, 3.05) is 0 Å². The summed E-state index contributed by atoms with van der Waals surface area (Å²) in [5.74, 6) is 0. The van der Waals surface area contributed by atoms with E-state index in [2.05, 4.69) is 25.2 Å². The summed E-state index contributed by atoms with van der Waals surface area (Å²) < 4.78 is 5.48. The van der Waals surface area contributed by atoms with E-state index < -0.39 is 0 Å². The molecule has 0 radical (unpaired) electrons. The van der Waals surface area contributed by atoms with Crippen molar-refractivity contribution in [3.05, 3.63) is 23.8 Å². The van der Waals surface area contributed by atoms with Crippen LogP contribution in [0.4, 0.5) is 0 Å². The van der Waals surface area contributed by atoms with Crippen LogP contribution in [0.15, 0.2) is 23.8 Å². The molecule has 1 nitrogen and oxygen atoms in total. The van der Waals surface area contributed by atoms with Gasteiger partial charge in [0.25, 0.3) is 0 Å². The quantitative estimate of drug-likeness (QED) is 0.444. The van der Waals surface area contributed by atoms with E-state index in [1.54, 1.807) is 0 Å². The van der Waals surface area contributed by atoms with Gasteiger partial charge >= 0.3 is 0 Å². The van der Waals surface area contributed by atoms with Gasteiger partial charge < -0.3 is 4.74 Å². The van der Waals surface area contributed by atoms with Gasteiger partial charge in [-0.05, 0) is 13.3 Å². The molecule has 2 aliphatic rings. The summed E-state index contributed by atoms with van der Waals surface area (Å²) in [7, 11) is 0. The van der Waals surface area contributed by atoms with Crippen LogP contribution in [0.5, 0.6) is 0 Å². The summed E-state index contributed by atoms with van der Waals surface area (Å²) in [4.78, 5) is 0. The Morgan fingerprint density at radius 2 is 2.44 bits per heavy atom. The van der Waals surface area contributed by atoms with E-state index in [0.717, 1.165) is 6.42 Å². The SMILES string of the molecule is CC1=C[C@@H]2C=C[C@H](C1)O2. The van der Waals surface area contributed by atoms with Gasteiger partial charge in [-0.2, -0.15) is 0 Å². The molecule has 2 atom stereocenters.